The molecule has 0 spiro atoms. The van der Waals surface area contributed by atoms with Gasteiger partial charge in [-0.15, -0.1) is 0 Å². The normalized spacial score (nSPS) is 11.4. The molecule has 0 aliphatic heterocycles. The van der Waals surface area contributed by atoms with E-state index in [0.29, 0.717) is 0 Å². The monoisotopic (exact) mass is 313 g/mol. The summed E-state index contributed by atoms with van der Waals surface area (Å²) in [6.45, 7) is 2.88. The number of nitrogens with one attached hydrogen (secondary N) is 1. The molecule has 2 rings (SSSR count). The molecule has 0 bridgehead atoms. The summed E-state index contributed by atoms with van der Waals surface area (Å²) in [4.78, 5) is 3.50. The summed E-state index contributed by atoms with van der Waals surface area (Å²) in [5.74, 6) is -1.31. The van der Waals surface area contributed by atoms with Crippen LogP contribution < -0.4 is 10.5 Å². The summed E-state index contributed by atoms with van der Waals surface area (Å²) in [7, 11) is -4.01. The van der Waals surface area contributed by atoms with Gasteiger partial charge in [0, 0.05) is 0 Å². The molecule has 112 valence electrons. The van der Waals surface area contributed by atoms with Crippen molar-refractivity contribution in [2.75, 3.05) is 10.5 Å². The molecule has 3 N–H and O–H groups in total. The van der Waals surface area contributed by atoms with Crippen molar-refractivity contribution in [2.24, 2.45) is 0 Å². The van der Waals surface area contributed by atoms with E-state index in [1.807, 2.05) is 0 Å². The molecule has 8 heteroatoms. The lowest BCUT2D eigenvalue weighted by molar-refractivity contribution is 0.597. The van der Waals surface area contributed by atoms with Gasteiger partial charge in [0.25, 0.3) is 10.0 Å². The number of aryl methyl sites for hydroxylation is 1. The van der Waals surface area contributed by atoms with E-state index in [0.717, 1.165) is 18.3 Å². The second-order valence-corrected chi connectivity index (χ2v) is 6.13. The number of hydrogen-bond donors (Lipinski definition) is 2. The highest BCUT2D eigenvalue weighted by atomic mass is 32.2. The third-order valence-corrected chi connectivity index (χ3v) is 4.58. The summed E-state index contributed by atoms with van der Waals surface area (Å²) in [5, 5.41) is 0. The Hall–Kier alpha value is -2.22. The van der Waals surface area contributed by atoms with Crippen LogP contribution in [0.4, 0.5) is 20.3 Å². The molecule has 2 aromatic rings. The van der Waals surface area contributed by atoms with Crippen LogP contribution in [0.3, 0.4) is 0 Å². The number of aromatic nitrogens is 1. The summed E-state index contributed by atoms with van der Waals surface area (Å²) < 4.78 is 53.2. The zero-order valence-electron chi connectivity index (χ0n) is 11.3. The number of anilines is 2. The van der Waals surface area contributed by atoms with Crippen LogP contribution in [0.5, 0.6) is 0 Å². The molecule has 0 unspecified atom stereocenters. The molecule has 0 amide bonds. The number of halogens is 2. The van der Waals surface area contributed by atoms with E-state index in [1.54, 1.807) is 0 Å². The first kappa shape index (κ1) is 15.2. The molecular weight excluding hydrogens is 300 g/mol. The minimum Gasteiger partial charge on any atom is -0.396 e. The average Bonchev–Trinajstić information content (AvgIpc) is 2.38. The second kappa shape index (κ2) is 5.28. The summed E-state index contributed by atoms with van der Waals surface area (Å²) in [5.41, 5.74) is 5.63. The second-order valence-electron chi connectivity index (χ2n) is 4.51. The fourth-order valence-electron chi connectivity index (χ4n) is 1.97. The van der Waals surface area contributed by atoms with Crippen molar-refractivity contribution in [3.63, 3.8) is 0 Å². The molecule has 1 aromatic heterocycles. The molecule has 0 atom stereocenters. The predicted octanol–water partition coefficient (Wildman–Crippen LogP) is 2.36. The van der Waals surface area contributed by atoms with E-state index < -0.39 is 21.7 Å². The number of benzene rings is 1. The van der Waals surface area contributed by atoms with Gasteiger partial charge in [-0.2, -0.15) is 0 Å². The lowest BCUT2D eigenvalue weighted by Crippen LogP contribution is -2.17. The third-order valence-electron chi connectivity index (χ3n) is 2.94. The van der Waals surface area contributed by atoms with E-state index in [2.05, 4.69) is 9.71 Å². The van der Waals surface area contributed by atoms with Crippen molar-refractivity contribution >= 4 is 21.5 Å². The van der Waals surface area contributed by atoms with Crippen molar-refractivity contribution in [3.8, 4) is 0 Å². The topological polar surface area (TPSA) is 85.1 Å². The van der Waals surface area contributed by atoms with Crippen LogP contribution >= 0.6 is 0 Å². The number of sulfonamides is 1. The van der Waals surface area contributed by atoms with Crippen molar-refractivity contribution in [1.82, 2.24) is 4.98 Å². The quantitative estimate of drug-likeness (QED) is 0.852. The molecule has 0 fully saturated rings. The van der Waals surface area contributed by atoms with Gasteiger partial charge < -0.3 is 5.73 Å². The van der Waals surface area contributed by atoms with Gasteiger partial charge in [0.2, 0.25) is 0 Å². The number of nitrogens with two attached hydrogens (primary N) is 1. The molecule has 1 heterocycles. The molecule has 0 saturated carbocycles. The van der Waals surface area contributed by atoms with E-state index in [1.165, 1.54) is 19.9 Å². The van der Waals surface area contributed by atoms with Crippen LogP contribution in [0, 0.1) is 25.5 Å². The SMILES string of the molecule is Cc1cc(F)c(N)c(C)c1S(=O)(=O)Nc1ccc(F)cn1. The summed E-state index contributed by atoms with van der Waals surface area (Å²) in [6, 6.07) is 3.31. The van der Waals surface area contributed by atoms with Crippen LogP contribution in [0.2, 0.25) is 0 Å². The number of nitrogens with zero attached hydrogens (tertiary/aromatic N) is 1. The Morgan fingerprint density at radius 1 is 1.24 bits per heavy atom. The van der Waals surface area contributed by atoms with E-state index >= 15 is 0 Å². The van der Waals surface area contributed by atoms with Gasteiger partial charge in [-0.3, -0.25) is 4.72 Å². The van der Waals surface area contributed by atoms with Crippen molar-refractivity contribution in [2.45, 2.75) is 18.7 Å². The zero-order chi connectivity index (χ0) is 15.8. The van der Waals surface area contributed by atoms with Gasteiger partial charge in [-0.05, 0) is 43.2 Å². The highest BCUT2D eigenvalue weighted by Crippen LogP contribution is 2.28. The molecule has 0 radical (unpaired) electrons. The van der Waals surface area contributed by atoms with E-state index in [-0.39, 0.29) is 27.5 Å². The molecule has 0 aliphatic rings. The van der Waals surface area contributed by atoms with Crippen LogP contribution in [0.25, 0.3) is 0 Å². The first-order valence-corrected chi connectivity index (χ1v) is 7.40. The molecule has 1 aromatic carbocycles. The Labute approximate surface area is 120 Å². The van der Waals surface area contributed by atoms with Crippen molar-refractivity contribution in [3.05, 3.63) is 47.2 Å². The van der Waals surface area contributed by atoms with Crippen LogP contribution in [-0.4, -0.2) is 13.4 Å². The van der Waals surface area contributed by atoms with Gasteiger partial charge in [0.1, 0.15) is 17.5 Å². The first-order chi connectivity index (χ1) is 9.72. The molecular formula is C13H13F2N3O2S. The van der Waals surface area contributed by atoms with Crippen molar-refractivity contribution in [1.29, 1.82) is 0 Å². The Bertz CT molecular complexity index is 790. The largest absolute Gasteiger partial charge is 0.396 e. The highest BCUT2D eigenvalue weighted by molar-refractivity contribution is 7.92. The first-order valence-electron chi connectivity index (χ1n) is 5.92. The molecule has 0 aliphatic carbocycles. The maximum atomic E-state index is 13.5. The van der Waals surface area contributed by atoms with Gasteiger partial charge in [-0.1, -0.05) is 0 Å². The number of nitrogen functional groups attached to an aromatic ring is 1. The number of rotatable bonds is 3. The van der Waals surface area contributed by atoms with E-state index in [9.17, 15) is 17.2 Å². The molecule has 0 saturated heterocycles. The van der Waals surface area contributed by atoms with Crippen LogP contribution in [0.1, 0.15) is 11.1 Å². The van der Waals surface area contributed by atoms with Crippen LogP contribution in [0.15, 0.2) is 29.3 Å². The maximum absolute atomic E-state index is 13.5. The van der Waals surface area contributed by atoms with Gasteiger partial charge >= 0.3 is 0 Å². The maximum Gasteiger partial charge on any atom is 0.263 e. The summed E-state index contributed by atoms with van der Waals surface area (Å²) in [6.07, 6.45) is 0.886. The Balaban J connectivity index is 2.50. The summed E-state index contributed by atoms with van der Waals surface area (Å²) >= 11 is 0. The highest BCUT2D eigenvalue weighted by Gasteiger charge is 2.23. The van der Waals surface area contributed by atoms with Crippen LogP contribution in [-0.2, 0) is 10.0 Å². The molecule has 21 heavy (non-hydrogen) atoms. The zero-order valence-corrected chi connectivity index (χ0v) is 12.1. The van der Waals surface area contributed by atoms with Gasteiger partial charge in [0.15, 0.2) is 0 Å². The fraction of sp³-hybridized carbons (Fsp3) is 0.154. The molecule has 5 nitrogen and oxygen atoms in total. The van der Waals surface area contributed by atoms with Gasteiger partial charge in [0.05, 0.1) is 16.8 Å². The van der Waals surface area contributed by atoms with E-state index in [4.69, 9.17) is 5.73 Å². The minimum atomic E-state index is -4.01. The third kappa shape index (κ3) is 2.94. The standard InChI is InChI=1S/C13H13F2N3O2S/c1-7-5-10(15)12(16)8(2)13(7)21(19,20)18-11-4-3-9(14)6-17-11/h3-6H,16H2,1-2H3,(H,17,18). The smallest absolute Gasteiger partial charge is 0.263 e. The van der Waals surface area contributed by atoms with Crippen molar-refractivity contribution < 1.29 is 17.2 Å². The van der Waals surface area contributed by atoms with Gasteiger partial charge in [-0.25, -0.2) is 22.2 Å². The average molecular weight is 313 g/mol. The Morgan fingerprint density at radius 2 is 1.90 bits per heavy atom. The Morgan fingerprint density at radius 3 is 2.48 bits per heavy atom. The Kier molecular flexibility index (Phi) is 3.82. The number of hydrogen-bond acceptors (Lipinski definition) is 4. The lowest BCUT2D eigenvalue weighted by Gasteiger charge is -2.14. The number of pyridine rings is 1. The minimum absolute atomic E-state index is 0.0434. The lowest BCUT2D eigenvalue weighted by atomic mass is 10.1. The predicted molar refractivity (Wildman–Crippen MR) is 75.3 cm³/mol. The fourth-order valence-corrected chi connectivity index (χ4v) is 3.46.